The van der Waals surface area contributed by atoms with Crippen molar-refractivity contribution in [1.29, 1.82) is 0 Å². The van der Waals surface area contributed by atoms with Crippen LogP contribution in [0.3, 0.4) is 0 Å². The van der Waals surface area contributed by atoms with Crippen LogP contribution in [0.2, 0.25) is 5.02 Å². The first-order chi connectivity index (χ1) is 15.9. The molecule has 0 radical (unpaired) electrons. The molecule has 33 heavy (non-hydrogen) atoms. The summed E-state index contributed by atoms with van der Waals surface area (Å²) in [5.74, 6) is -0.127. The van der Waals surface area contributed by atoms with Gasteiger partial charge in [-0.1, -0.05) is 41.9 Å². The lowest BCUT2D eigenvalue weighted by Gasteiger charge is -2.12. The molecule has 0 bridgehead atoms. The van der Waals surface area contributed by atoms with Crippen molar-refractivity contribution in [2.24, 2.45) is 7.05 Å². The van der Waals surface area contributed by atoms with Crippen molar-refractivity contribution in [1.82, 2.24) is 13.9 Å². The Morgan fingerprint density at radius 3 is 2.18 bits per heavy atom. The van der Waals surface area contributed by atoms with E-state index in [-0.39, 0.29) is 11.5 Å². The molecule has 0 atom stereocenters. The number of fused-ring (bicyclic) bond motifs is 1. The summed E-state index contributed by atoms with van der Waals surface area (Å²) in [7, 11) is 1.88. The Bertz CT molecular complexity index is 1530. The molecular weight excluding hydrogens is 436 g/mol. The van der Waals surface area contributed by atoms with Gasteiger partial charge < -0.3 is 9.88 Å². The van der Waals surface area contributed by atoms with E-state index < -0.39 is 0 Å². The van der Waals surface area contributed by atoms with Crippen LogP contribution in [0, 0.1) is 0 Å². The standard InChI is InChI=1S/C26H21ClN4O2/c1-17(32)28-20-12-14-21(15-13-20)30-16-23-24(25(30)18-8-10-19(27)11-9-18)26(33)31(29(23)2)22-6-4-3-5-7-22/h3-16H,1-2H3,(H,28,32). The minimum Gasteiger partial charge on any atom is -0.326 e. The number of hydrogen-bond donors (Lipinski definition) is 1. The summed E-state index contributed by atoms with van der Waals surface area (Å²) in [6.45, 7) is 1.48. The smallest absolute Gasteiger partial charge is 0.281 e. The lowest BCUT2D eigenvalue weighted by atomic mass is 10.1. The Labute approximate surface area is 195 Å². The Kier molecular flexibility index (Phi) is 5.15. The van der Waals surface area contributed by atoms with Crippen molar-refractivity contribution in [2.75, 3.05) is 5.32 Å². The van der Waals surface area contributed by atoms with Gasteiger partial charge in [-0.2, -0.15) is 0 Å². The van der Waals surface area contributed by atoms with Gasteiger partial charge in [-0.3, -0.25) is 14.3 Å². The predicted octanol–water partition coefficient (Wildman–Crippen LogP) is 5.40. The Hall–Kier alpha value is -4.03. The summed E-state index contributed by atoms with van der Waals surface area (Å²) in [5, 5.41) is 4.03. The van der Waals surface area contributed by atoms with E-state index in [1.54, 1.807) is 4.68 Å². The fraction of sp³-hybridized carbons (Fsp3) is 0.0769. The third-order valence-corrected chi connectivity index (χ3v) is 5.88. The predicted molar refractivity (Wildman–Crippen MR) is 133 cm³/mol. The first kappa shape index (κ1) is 20.8. The van der Waals surface area contributed by atoms with E-state index in [0.29, 0.717) is 16.1 Å². The van der Waals surface area contributed by atoms with Gasteiger partial charge in [0.2, 0.25) is 5.91 Å². The van der Waals surface area contributed by atoms with E-state index in [2.05, 4.69) is 5.32 Å². The van der Waals surface area contributed by atoms with Crippen molar-refractivity contribution in [3.8, 4) is 22.6 Å². The molecule has 0 saturated heterocycles. The van der Waals surface area contributed by atoms with E-state index in [4.69, 9.17) is 11.6 Å². The molecule has 0 fully saturated rings. The van der Waals surface area contributed by atoms with E-state index in [9.17, 15) is 9.59 Å². The number of nitrogens with zero attached hydrogens (tertiary/aromatic N) is 3. The number of aryl methyl sites for hydroxylation is 1. The fourth-order valence-electron chi connectivity index (χ4n) is 4.16. The van der Waals surface area contributed by atoms with Crippen LogP contribution in [-0.2, 0) is 11.8 Å². The lowest BCUT2D eigenvalue weighted by molar-refractivity contribution is -0.114. The molecule has 5 rings (SSSR count). The highest BCUT2D eigenvalue weighted by atomic mass is 35.5. The number of carbonyl (C=O) groups excluding carboxylic acids is 1. The van der Waals surface area contributed by atoms with Crippen molar-refractivity contribution in [3.05, 3.63) is 100 Å². The zero-order chi connectivity index (χ0) is 23.1. The molecule has 0 spiro atoms. The molecule has 1 N–H and O–H groups in total. The van der Waals surface area contributed by atoms with Crippen LogP contribution in [0.25, 0.3) is 33.5 Å². The van der Waals surface area contributed by atoms with Crippen LogP contribution in [-0.4, -0.2) is 19.8 Å². The summed E-state index contributed by atoms with van der Waals surface area (Å²) < 4.78 is 5.55. The van der Waals surface area contributed by atoms with E-state index in [1.165, 1.54) is 6.92 Å². The first-order valence-electron chi connectivity index (χ1n) is 10.5. The molecule has 5 aromatic rings. The van der Waals surface area contributed by atoms with E-state index in [0.717, 1.165) is 28.1 Å². The molecule has 2 aromatic heterocycles. The Morgan fingerprint density at radius 1 is 0.879 bits per heavy atom. The second-order valence-electron chi connectivity index (χ2n) is 7.82. The zero-order valence-corrected chi connectivity index (χ0v) is 18.9. The summed E-state index contributed by atoms with van der Waals surface area (Å²) in [6.07, 6.45) is 1.97. The highest BCUT2D eigenvalue weighted by Crippen LogP contribution is 2.33. The molecule has 6 nitrogen and oxygen atoms in total. The molecule has 1 amide bonds. The van der Waals surface area contributed by atoms with Gasteiger partial charge in [0, 0.05) is 36.6 Å². The average molecular weight is 457 g/mol. The minimum atomic E-state index is -0.127. The zero-order valence-electron chi connectivity index (χ0n) is 18.1. The largest absolute Gasteiger partial charge is 0.326 e. The number of anilines is 1. The summed E-state index contributed by atoms with van der Waals surface area (Å²) in [4.78, 5) is 25.1. The second-order valence-corrected chi connectivity index (χ2v) is 8.26. The Balaban J connectivity index is 1.77. The molecule has 0 aliphatic rings. The van der Waals surface area contributed by atoms with Crippen LogP contribution in [0.4, 0.5) is 5.69 Å². The first-order valence-corrected chi connectivity index (χ1v) is 10.8. The van der Waals surface area contributed by atoms with Gasteiger partial charge in [-0.15, -0.1) is 0 Å². The van der Waals surface area contributed by atoms with Crippen LogP contribution in [0.15, 0.2) is 89.9 Å². The number of rotatable bonds is 4. The number of nitrogens with one attached hydrogen (secondary N) is 1. The molecule has 0 saturated carbocycles. The highest BCUT2D eigenvalue weighted by Gasteiger charge is 2.22. The van der Waals surface area contributed by atoms with Crippen molar-refractivity contribution < 1.29 is 4.79 Å². The summed E-state index contributed by atoms with van der Waals surface area (Å²) >= 11 is 6.14. The molecular formula is C26H21ClN4O2. The van der Waals surface area contributed by atoms with Crippen LogP contribution in [0.1, 0.15) is 6.92 Å². The van der Waals surface area contributed by atoms with E-state index >= 15 is 0 Å². The number of hydrogen-bond acceptors (Lipinski definition) is 2. The van der Waals surface area contributed by atoms with Crippen molar-refractivity contribution >= 4 is 34.1 Å². The molecule has 3 aromatic carbocycles. The van der Waals surface area contributed by atoms with Gasteiger partial charge in [0.25, 0.3) is 5.56 Å². The molecule has 7 heteroatoms. The number of halogens is 1. The summed E-state index contributed by atoms with van der Waals surface area (Å²) in [5.41, 5.74) is 4.75. The van der Waals surface area contributed by atoms with Gasteiger partial charge in [0.05, 0.1) is 22.3 Å². The maximum absolute atomic E-state index is 13.7. The SMILES string of the molecule is CC(=O)Nc1ccc(-n2cc3c(c2-c2ccc(Cl)cc2)c(=O)n(-c2ccccc2)n3C)cc1. The third kappa shape index (κ3) is 3.64. The number of carbonyl (C=O) groups is 1. The number of para-hydroxylation sites is 1. The number of amides is 1. The monoisotopic (exact) mass is 456 g/mol. The second kappa shape index (κ2) is 8.15. The topological polar surface area (TPSA) is 61.0 Å². The van der Waals surface area contributed by atoms with E-state index in [1.807, 2.05) is 101 Å². The average Bonchev–Trinajstić information content (AvgIpc) is 3.31. The lowest BCUT2D eigenvalue weighted by Crippen LogP contribution is -2.20. The minimum absolute atomic E-state index is 0.0998. The van der Waals surface area contributed by atoms with Crippen LogP contribution in [0.5, 0.6) is 0 Å². The summed E-state index contributed by atoms with van der Waals surface area (Å²) in [6, 6.07) is 24.6. The van der Waals surface area contributed by atoms with Gasteiger partial charge in [0.1, 0.15) is 0 Å². The van der Waals surface area contributed by atoms with Crippen molar-refractivity contribution in [2.45, 2.75) is 6.92 Å². The maximum Gasteiger partial charge on any atom is 0.281 e. The van der Waals surface area contributed by atoms with Gasteiger partial charge in [0.15, 0.2) is 0 Å². The molecule has 0 aliphatic carbocycles. The number of aromatic nitrogens is 3. The molecule has 164 valence electrons. The normalized spacial score (nSPS) is 11.1. The van der Waals surface area contributed by atoms with Gasteiger partial charge >= 0.3 is 0 Å². The third-order valence-electron chi connectivity index (χ3n) is 5.62. The molecule has 2 heterocycles. The quantitative estimate of drug-likeness (QED) is 0.393. The van der Waals surface area contributed by atoms with Crippen LogP contribution < -0.4 is 10.9 Å². The number of benzene rings is 3. The fourth-order valence-corrected chi connectivity index (χ4v) is 4.29. The van der Waals surface area contributed by atoms with Crippen LogP contribution >= 0.6 is 11.6 Å². The van der Waals surface area contributed by atoms with Crippen molar-refractivity contribution in [3.63, 3.8) is 0 Å². The maximum atomic E-state index is 13.7. The Morgan fingerprint density at radius 2 is 1.55 bits per heavy atom. The molecule has 0 unspecified atom stereocenters. The molecule has 0 aliphatic heterocycles. The highest BCUT2D eigenvalue weighted by molar-refractivity contribution is 6.30. The van der Waals surface area contributed by atoms with Gasteiger partial charge in [-0.25, -0.2) is 4.68 Å². The van der Waals surface area contributed by atoms with Gasteiger partial charge in [-0.05, 0) is 54.1 Å².